The van der Waals surface area contributed by atoms with E-state index in [4.69, 9.17) is 5.11 Å². The van der Waals surface area contributed by atoms with Crippen molar-refractivity contribution in [2.45, 2.75) is 0 Å². The summed E-state index contributed by atoms with van der Waals surface area (Å²) in [4.78, 5) is 17.5. The molecular weight excluding hydrogens is 162 g/mol. The highest BCUT2D eigenvalue weighted by Crippen LogP contribution is 2.07. The standard InChI is InChI=1S/C6H7N3O3/c1-7-5-8-2-4(3-9-5)12-6(10)11/h2-3H,1H3,(H,10,11)(H,7,8,9). The molecule has 0 atom stereocenters. The van der Waals surface area contributed by atoms with Crippen molar-refractivity contribution in [3.05, 3.63) is 12.4 Å². The molecule has 1 rings (SSSR count). The van der Waals surface area contributed by atoms with Gasteiger partial charge in [-0.05, 0) is 0 Å². The lowest BCUT2D eigenvalue weighted by atomic mass is 10.6. The lowest BCUT2D eigenvalue weighted by Crippen LogP contribution is -2.04. The second kappa shape index (κ2) is 3.51. The van der Waals surface area contributed by atoms with E-state index in [9.17, 15) is 4.79 Å². The Labute approximate surface area is 68.2 Å². The first-order chi connectivity index (χ1) is 5.72. The van der Waals surface area contributed by atoms with Crippen LogP contribution < -0.4 is 10.1 Å². The van der Waals surface area contributed by atoms with Crippen molar-refractivity contribution in [2.75, 3.05) is 12.4 Å². The highest BCUT2D eigenvalue weighted by atomic mass is 16.7. The van der Waals surface area contributed by atoms with Crippen LogP contribution in [0, 0.1) is 0 Å². The first-order valence-corrected chi connectivity index (χ1v) is 3.13. The molecule has 2 N–H and O–H groups in total. The molecule has 0 aliphatic heterocycles. The quantitative estimate of drug-likeness (QED) is 0.630. The van der Waals surface area contributed by atoms with E-state index >= 15 is 0 Å². The van der Waals surface area contributed by atoms with Crippen LogP contribution in [0.15, 0.2) is 12.4 Å². The van der Waals surface area contributed by atoms with Crippen LogP contribution in [-0.2, 0) is 0 Å². The Morgan fingerprint density at radius 1 is 1.58 bits per heavy atom. The number of nitrogens with one attached hydrogen (secondary N) is 1. The van der Waals surface area contributed by atoms with Gasteiger partial charge >= 0.3 is 6.16 Å². The average molecular weight is 169 g/mol. The molecule has 0 radical (unpaired) electrons. The molecule has 0 saturated heterocycles. The minimum absolute atomic E-state index is 0.0986. The number of rotatable bonds is 2. The summed E-state index contributed by atoms with van der Waals surface area (Å²) in [5.41, 5.74) is 0. The molecule has 0 unspecified atom stereocenters. The summed E-state index contributed by atoms with van der Waals surface area (Å²) in [7, 11) is 1.66. The molecule has 6 nitrogen and oxygen atoms in total. The van der Waals surface area contributed by atoms with E-state index in [0.29, 0.717) is 5.95 Å². The van der Waals surface area contributed by atoms with Gasteiger partial charge in [-0.1, -0.05) is 0 Å². The zero-order chi connectivity index (χ0) is 8.97. The molecule has 1 heterocycles. The number of ether oxygens (including phenoxy) is 1. The average Bonchev–Trinajstić information content (AvgIpc) is 2.05. The molecule has 1 aromatic heterocycles. The summed E-state index contributed by atoms with van der Waals surface area (Å²) >= 11 is 0. The topological polar surface area (TPSA) is 84.3 Å². The molecule has 12 heavy (non-hydrogen) atoms. The maximum atomic E-state index is 10.0. The Bertz CT molecular complexity index is 272. The molecule has 6 heteroatoms. The first-order valence-electron chi connectivity index (χ1n) is 3.13. The van der Waals surface area contributed by atoms with Gasteiger partial charge in [0, 0.05) is 7.05 Å². The van der Waals surface area contributed by atoms with Crippen molar-refractivity contribution in [1.82, 2.24) is 9.97 Å². The lowest BCUT2D eigenvalue weighted by molar-refractivity contribution is 0.144. The van der Waals surface area contributed by atoms with Gasteiger partial charge in [-0.25, -0.2) is 14.8 Å². The lowest BCUT2D eigenvalue weighted by Gasteiger charge is -1.99. The molecule has 0 amide bonds. The highest BCUT2D eigenvalue weighted by molar-refractivity contribution is 5.60. The number of anilines is 1. The van der Waals surface area contributed by atoms with Crippen LogP contribution in [-0.4, -0.2) is 28.3 Å². The van der Waals surface area contributed by atoms with Crippen molar-refractivity contribution >= 4 is 12.1 Å². The molecule has 0 aromatic carbocycles. The van der Waals surface area contributed by atoms with Crippen molar-refractivity contribution in [3.63, 3.8) is 0 Å². The molecule has 0 fully saturated rings. The van der Waals surface area contributed by atoms with E-state index in [2.05, 4.69) is 20.0 Å². The van der Waals surface area contributed by atoms with Crippen LogP contribution >= 0.6 is 0 Å². The van der Waals surface area contributed by atoms with E-state index in [1.165, 1.54) is 12.4 Å². The molecular formula is C6H7N3O3. The van der Waals surface area contributed by atoms with Gasteiger partial charge in [0.05, 0.1) is 12.4 Å². The van der Waals surface area contributed by atoms with E-state index < -0.39 is 6.16 Å². The van der Waals surface area contributed by atoms with Crippen LogP contribution in [0.3, 0.4) is 0 Å². The number of hydrogen-bond donors (Lipinski definition) is 2. The third-order valence-electron chi connectivity index (χ3n) is 1.06. The van der Waals surface area contributed by atoms with Gasteiger partial charge in [0.25, 0.3) is 0 Å². The smallest absolute Gasteiger partial charge is 0.449 e. The molecule has 0 spiro atoms. The monoisotopic (exact) mass is 169 g/mol. The summed E-state index contributed by atoms with van der Waals surface area (Å²) in [5.74, 6) is 0.509. The molecule has 0 bridgehead atoms. The third kappa shape index (κ3) is 2.08. The third-order valence-corrected chi connectivity index (χ3v) is 1.06. The van der Waals surface area contributed by atoms with E-state index in [1.54, 1.807) is 7.05 Å². The number of carboxylic acid groups (broad SMARTS) is 1. The number of nitrogens with zero attached hydrogens (tertiary/aromatic N) is 2. The minimum atomic E-state index is -1.38. The molecule has 64 valence electrons. The maximum Gasteiger partial charge on any atom is 0.511 e. The van der Waals surface area contributed by atoms with Crippen molar-refractivity contribution in [3.8, 4) is 5.75 Å². The largest absolute Gasteiger partial charge is 0.511 e. The number of hydrogen-bond acceptors (Lipinski definition) is 5. The zero-order valence-electron chi connectivity index (χ0n) is 6.31. The van der Waals surface area contributed by atoms with Gasteiger partial charge in [-0.2, -0.15) is 0 Å². The fourth-order valence-electron chi connectivity index (χ4n) is 0.599. The molecule has 1 aromatic rings. The van der Waals surface area contributed by atoms with Crippen molar-refractivity contribution in [1.29, 1.82) is 0 Å². The van der Waals surface area contributed by atoms with Crippen LogP contribution in [0.2, 0.25) is 0 Å². The second-order valence-electron chi connectivity index (χ2n) is 1.86. The Morgan fingerprint density at radius 3 is 2.58 bits per heavy atom. The van der Waals surface area contributed by atoms with Gasteiger partial charge in [0.2, 0.25) is 5.95 Å². The summed E-state index contributed by atoms with van der Waals surface area (Å²) in [6.45, 7) is 0. The fourth-order valence-corrected chi connectivity index (χ4v) is 0.599. The van der Waals surface area contributed by atoms with Gasteiger partial charge in [0.15, 0.2) is 5.75 Å². The minimum Gasteiger partial charge on any atom is -0.449 e. The van der Waals surface area contributed by atoms with E-state index in [0.717, 1.165) is 0 Å². The van der Waals surface area contributed by atoms with Gasteiger partial charge in [-0.15, -0.1) is 0 Å². The number of carbonyl (C=O) groups is 1. The zero-order valence-corrected chi connectivity index (χ0v) is 6.31. The van der Waals surface area contributed by atoms with Crippen LogP contribution in [0.4, 0.5) is 10.7 Å². The Morgan fingerprint density at radius 2 is 2.17 bits per heavy atom. The van der Waals surface area contributed by atoms with E-state index in [1.807, 2.05) is 0 Å². The van der Waals surface area contributed by atoms with E-state index in [-0.39, 0.29) is 5.75 Å². The Kier molecular flexibility index (Phi) is 2.42. The summed E-state index contributed by atoms with van der Waals surface area (Å²) in [5, 5.41) is 10.9. The second-order valence-corrected chi connectivity index (χ2v) is 1.86. The molecule has 0 aliphatic rings. The summed E-state index contributed by atoms with van der Waals surface area (Å²) < 4.78 is 4.28. The Hall–Kier alpha value is -1.85. The molecule has 0 saturated carbocycles. The number of aromatic nitrogens is 2. The fraction of sp³-hybridized carbons (Fsp3) is 0.167. The summed E-state index contributed by atoms with van der Waals surface area (Å²) in [6.07, 6.45) is 1.16. The molecule has 0 aliphatic carbocycles. The predicted octanol–water partition coefficient (Wildman–Crippen LogP) is 0.575. The highest BCUT2D eigenvalue weighted by Gasteiger charge is 2.00. The van der Waals surface area contributed by atoms with Gasteiger partial charge in [0.1, 0.15) is 0 Å². The predicted molar refractivity (Wildman–Crippen MR) is 40.2 cm³/mol. The van der Waals surface area contributed by atoms with Crippen molar-refractivity contribution in [2.24, 2.45) is 0 Å². The SMILES string of the molecule is CNc1ncc(OC(=O)O)cn1. The first kappa shape index (κ1) is 8.25. The van der Waals surface area contributed by atoms with Crippen LogP contribution in [0.25, 0.3) is 0 Å². The van der Waals surface area contributed by atoms with Gasteiger partial charge in [-0.3, -0.25) is 0 Å². The van der Waals surface area contributed by atoms with Crippen molar-refractivity contribution < 1.29 is 14.6 Å². The van der Waals surface area contributed by atoms with Gasteiger partial charge < -0.3 is 15.2 Å². The van der Waals surface area contributed by atoms with Crippen LogP contribution in [0.5, 0.6) is 5.75 Å². The maximum absolute atomic E-state index is 10.0. The normalized spacial score (nSPS) is 9.08. The summed E-state index contributed by atoms with van der Waals surface area (Å²) in [6, 6.07) is 0. The van der Waals surface area contributed by atoms with Crippen LogP contribution in [0.1, 0.15) is 0 Å². The Balaban J connectivity index is 2.71.